The van der Waals surface area contributed by atoms with E-state index in [4.69, 9.17) is 19.6 Å². The molecule has 1 aromatic carbocycles. The molecule has 4 rings (SSSR count). The second-order valence-electron chi connectivity index (χ2n) is 6.52. The van der Waals surface area contributed by atoms with Crippen LogP contribution in [0, 0.1) is 5.92 Å². The molecule has 1 aliphatic heterocycles. The van der Waals surface area contributed by atoms with Gasteiger partial charge in [-0.15, -0.1) is 17.5 Å². The molecule has 148 valence electrons. The number of hydrogen-bond acceptors (Lipinski definition) is 6. The van der Waals surface area contributed by atoms with Gasteiger partial charge in [0.2, 0.25) is 5.89 Å². The SMILES string of the molecule is Cl.NC1COC(C2CC2c2cc(-c3n[nH]c(=O)o3)ccc2C(F)(F)F)OC1. The fourth-order valence-electron chi connectivity index (χ4n) is 3.27. The molecule has 1 aromatic heterocycles. The van der Waals surface area contributed by atoms with E-state index in [0.717, 1.165) is 6.07 Å². The standard InChI is InChI=1S/C16H16F3N3O4.ClH/c17-16(18,19)12-2-1-7(13-21-22-15(23)26-13)3-10(12)9-4-11(9)14-24-5-8(20)6-25-14;/h1-3,8-9,11,14H,4-6,20H2,(H,22,23);1H. The highest BCUT2D eigenvalue weighted by molar-refractivity contribution is 5.85. The van der Waals surface area contributed by atoms with Gasteiger partial charge in [0, 0.05) is 11.5 Å². The molecule has 1 saturated heterocycles. The lowest BCUT2D eigenvalue weighted by molar-refractivity contribution is -0.196. The van der Waals surface area contributed by atoms with Crippen molar-refractivity contribution in [1.29, 1.82) is 0 Å². The molecule has 1 aliphatic carbocycles. The van der Waals surface area contributed by atoms with Crippen LogP contribution in [0.4, 0.5) is 13.2 Å². The van der Waals surface area contributed by atoms with Crippen molar-refractivity contribution in [2.24, 2.45) is 11.7 Å². The third kappa shape index (κ3) is 4.03. The third-order valence-electron chi connectivity index (χ3n) is 4.58. The average Bonchev–Trinajstić information content (AvgIpc) is 3.27. The van der Waals surface area contributed by atoms with Crippen molar-refractivity contribution in [3.63, 3.8) is 0 Å². The summed E-state index contributed by atoms with van der Waals surface area (Å²) in [6.07, 6.45) is -4.55. The highest BCUT2D eigenvalue weighted by Gasteiger charge is 2.49. The Labute approximate surface area is 157 Å². The Morgan fingerprint density at radius 1 is 1.22 bits per heavy atom. The van der Waals surface area contributed by atoms with Gasteiger partial charge in [-0.05, 0) is 36.1 Å². The summed E-state index contributed by atoms with van der Waals surface area (Å²) >= 11 is 0. The minimum atomic E-state index is -4.50. The molecule has 2 atom stereocenters. The maximum atomic E-state index is 13.4. The maximum absolute atomic E-state index is 13.4. The fourth-order valence-corrected chi connectivity index (χ4v) is 3.27. The van der Waals surface area contributed by atoms with Gasteiger partial charge in [0.05, 0.1) is 24.8 Å². The van der Waals surface area contributed by atoms with Crippen LogP contribution in [0.3, 0.4) is 0 Å². The monoisotopic (exact) mass is 407 g/mol. The van der Waals surface area contributed by atoms with E-state index in [1.807, 2.05) is 0 Å². The number of halogens is 4. The zero-order valence-electron chi connectivity index (χ0n) is 13.9. The van der Waals surface area contributed by atoms with Crippen molar-refractivity contribution in [3.05, 3.63) is 39.9 Å². The number of H-pyrrole nitrogens is 1. The molecule has 1 saturated carbocycles. The number of rotatable bonds is 3. The van der Waals surface area contributed by atoms with Crippen molar-refractivity contribution >= 4 is 12.4 Å². The maximum Gasteiger partial charge on any atom is 0.434 e. The largest absolute Gasteiger partial charge is 0.434 e. The minimum absolute atomic E-state index is 0. The number of nitrogens with zero attached hydrogens (tertiary/aromatic N) is 1. The first-order valence-corrected chi connectivity index (χ1v) is 8.08. The van der Waals surface area contributed by atoms with Crippen molar-refractivity contribution in [1.82, 2.24) is 10.2 Å². The lowest BCUT2D eigenvalue weighted by Gasteiger charge is -2.27. The van der Waals surface area contributed by atoms with Crippen molar-refractivity contribution in [3.8, 4) is 11.5 Å². The highest BCUT2D eigenvalue weighted by atomic mass is 35.5. The van der Waals surface area contributed by atoms with Crippen LogP contribution in [0.1, 0.15) is 23.5 Å². The third-order valence-corrected chi connectivity index (χ3v) is 4.58. The Morgan fingerprint density at radius 2 is 1.93 bits per heavy atom. The lowest BCUT2D eigenvalue weighted by Crippen LogP contribution is -2.42. The van der Waals surface area contributed by atoms with E-state index in [0.29, 0.717) is 25.2 Å². The van der Waals surface area contributed by atoms with E-state index in [1.165, 1.54) is 12.1 Å². The molecule has 2 aliphatic rings. The first-order chi connectivity index (χ1) is 12.3. The van der Waals surface area contributed by atoms with E-state index in [2.05, 4.69) is 10.2 Å². The van der Waals surface area contributed by atoms with Gasteiger partial charge in [-0.1, -0.05) is 0 Å². The zero-order chi connectivity index (χ0) is 18.5. The summed E-state index contributed by atoms with van der Waals surface area (Å²) in [5.74, 6) is -1.37. The molecule has 3 N–H and O–H groups in total. The molecule has 2 heterocycles. The van der Waals surface area contributed by atoms with Gasteiger partial charge in [0.25, 0.3) is 0 Å². The van der Waals surface area contributed by atoms with E-state index >= 15 is 0 Å². The number of aromatic nitrogens is 2. The molecular weight excluding hydrogens is 391 g/mol. The predicted octanol–water partition coefficient (Wildman–Crippen LogP) is 2.27. The van der Waals surface area contributed by atoms with E-state index < -0.39 is 23.8 Å². The Morgan fingerprint density at radius 3 is 2.52 bits per heavy atom. The zero-order valence-corrected chi connectivity index (χ0v) is 14.7. The molecule has 0 amide bonds. The van der Waals surface area contributed by atoms with E-state index in [9.17, 15) is 18.0 Å². The lowest BCUT2D eigenvalue weighted by atomic mass is 9.98. The van der Waals surface area contributed by atoms with E-state index in [-0.39, 0.29) is 41.7 Å². The molecule has 0 bridgehead atoms. The highest BCUT2D eigenvalue weighted by Crippen LogP contribution is 2.54. The van der Waals surface area contributed by atoms with Crippen LogP contribution in [0.25, 0.3) is 11.5 Å². The fraction of sp³-hybridized carbons (Fsp3) is 0.500. The molecule has 0 spiro atoms. The quantitative estimate of drug-likeness (QED) is 0.809. The number of benzene rings is 1. The number of nitrogens with one attached hydrogen (secondary N) is 1. The smallest absolute Gasteiger partial charge is 0.388 e. The molecule has 2 aromatic rings. The van der Waals surface area contributed by atoms with Gasteiger partial charge in [-0.2, -0.15) is 13.2 Å². The van der Waals surface area contributed by atoms with Gasteiger partial charge in [-0.25, -0.2) is 9.89 Å². The summed E-state index contributed by atoms with van der Waals surface area (Å²) in [7, 11) is 0. The van der Waals surface area contributed by atoms with Crippen LogP contribution in [-0.2, 0) is 15.7 Å². The Balaban J connectivity index is 0.00000210. The summed E-state index contributed by atoms with van der Waals surface area (Å²) in [6, 6.07) is 3.35. The average molecular weight is 408 g/mol. The van der Waals surface area contributed by atoms with Crippen molar-refractivity contribution < 1.29 is 27.1 Å². The first kappa shape index (κ1) is 19.9. The molecule has 27 heavy (non-hydrogen) atoms. The normalized spacial score (nSPS) is 27.9. The molecular formula is C16H17ClF3N3O4. The van der Waals surface area contributed by atoms with Gasteiger partial charge in [0.15, 0.2) is 6.29 Å². The number of alkyl halides is 3. The van der Waals surface area contributed by atoms with Crippen LogP contribution < -0.4 is 11.5 Å². The molecule has 2 fully saturated rings. The summed E-state index contributed by atoms with van der Waals surface area (Å²) in [5, 5.41) is 5.76. The second-order valence-corrected chi connectivity index (χ2v) is 6.52. The summed E-state index contributed by atoms with van der Waals surface area (Å²) in [4.78, 5) is 11.1. The van der Waals surface area contributed by atoms with Crippen molar-refractivity contribution in [2.75, 3.05) is 13.2 Å². The van der Waals surface area contributed by atoms with Crippen molar-refractivity contribution in [2.45, 2.75) is 30.8 Å². The van der Waals surface area contributed by atoms with Crippen LogP contribution in [-0.4, -0.2) is 35.7 Å². The Hall–Kier alpha value is -1.88. The molecule has 0 radical (unpaired) electrons. The second kappa shape index (κ2) is 7.27. The first-order valence-electron chi connectivity index (χ1n) is 8.08. The summed E-state index contributed by atoms with van der Waals surface area (Å²) < 4.78 is 56.1. The topological polar surface area (TPSA) is 103 Å². The number of ether oxygens (including phenoxy) is 2. The van der Waals surface area contributed by atoms with Gasteiger partial charge in [0.1, 0.15) is 0 Å². The van der Waals surface area contributed by atoms with Crippen LogP contribution in [0.15, 0.2) is 27.4 Å². The Kier molecular flexibility index (Phi) is 5.35. The number of hydrogen-bond donors (Lipinski definition) is 2. The van der Waals surface area contributed by atoms with Crippen LogP contribution >= 0.6 is 12.4 Å². The number of nitrogens with two attached hydrogens (primary N) is 1. The van der Waals surface area contributed by atoms with Crippen LogP contribution in [0.5, 0.6) is 0 Å². The summed E-state index contributed by atoms with van der Waals surface area (Å²) in [6.45, 7) is 0.636. The molecule has 2 unspecified atom stereocenters. The predicted molar refractivity (Wildman–Crippen MR) is 89.3 cm³/mol. The van der Waals surface area contributed by atoms with Gasteiger partial charge in [-0.3, -0.25) is 0 Å². The van der Waals surface area contributed by atoms with Crippen LogP contribution in [0.2, 0.25) is 0 Å². The molecule has 11 heteroatoms. The molecule has 7 nitrogen and oxygen atoms in total. The van der Waals surface area contributed by atoms with Gasteiger partial charge < -0.3 is 19.6 Å². The summed E-state index contributed by atoms with van der Waals surface area (Å²) in [5.41, 5.74) is 5.38. The Bertz CT molecular complexity index is 861. The van der Waals surface area contributed by atoms with Gasteiger partial charge >= 0.3 is 11.9 Å². The minimum Gasteiger partial charge on any atom is -0.388 e. The van der Waals surface area contributed by atoms with E-state index in [1.54, 1.807) is 0 Å². The number of aromatic amines is 1.